The van der Waals surface area contributed by atoms with Crippen LogP contribution in [0.5, 0.6) is 0 Å². The van der Waals surface area contributed by atoms with Crippen LogP contribution in [0, 0.1) is 6.92 Å². The number of hydrogen-bond donors (Lipinski definition) is 1. The minimum atomic E-state index is -1.10. The summed E-state index contributed by atoms with van der Waals surface area (Å²) < 4.78 is 0. The number of ketones is 1. The Morgan fingerprint density at radius 1 is 0.864 bits per heavy atom. The number of carbonyl (C=O) groups is 1. The van der Waals surface area contributed by atoms with Crippen LogP contribution in [0.4, 0.5) is 0 Å². The first kappa shape index (κ1) is 16.4. The molecule has 3 rings (SSSR count). The van der Waals surface area contributed by atoms with E-state index in [-0.39, 0.29) is 5.78 Å². The standard InChI is InChI=1S/C13H16O2.C7H8/c14-12(11-7-3-1-4-8-11)13(15)9-5-2-6-10-13;1-7-5-3-2-4-6-7/h1,3-4,7-8,15H,2,5-6,9-10H2;2-6H,1H3. The van der Waals surface area contributed by atoms with Crippen molar-refractivity contribution in [1.82, 2.24) is 0 Å². The van der Waals surface area contributed by atoms with Gasteiger partial charge < -0.3 is 5.11 Å². The molecule has 1 fully saturated rings. The Labute approximate surface area is 132 Å². The van der Waals surface area contributed by atoms with E-state index >= 15 is 0 Å². The highest BCUT2D eigenvalue weighted by molar-refractivity contribution is 6.02. The van der Waals surface area contributed by atoms with Gasteiger partial charge in [-0.2, -0.15) is 0 Å². The quantitative estimate of drug-likeness (QED) is 0.825. The Kier molecular flexibility index (Phi) is 5.91. The summed E-state index contributed by atoms with van der Waals surface area (Å²) in [7, 11) is 0. The van der Waals surface area contributed by atoms with E-state index in [2.05, 4.69) is 19.1 Å². The van der Waals surface area contributed by atoms with Crippen LogP contribution in [-0.4, -0.2) is 16.5 Å². The highest BCUT2D eigenvalue weighted by Crippen LogP contribution is 2.30. The summed E-state index contributed by atoms with van der Waals surface area (Å²) in [6, 6.07) is 19.3. The summed E-state index contributed by atoms with van der Waals surface area (Å²) in [5, 5.41) is 10.2. The molecular weight excluding hydrogens is 272 g/mol. The van der Waals surface area contributed by atoms with Gasteiger partial charge in [0, 0.05) is 5.56 Å². The van der Waals surface area contributed by atoms with Gasteiger partial charge in [0.2, 0.25) is 0 Å². The summed E-state index contributed by atoms with van der Waals surface area (Å²) in [5.41, 5.74) is 0.851. The minimum Gasteiger partial charge on any atom is -0.382 e. The number of benzene rings is 2. The summed E-state index contributed by atoms with van der Waals surface area (Å²) in [6.07, 6.45) is 4.26. The molecule has 0 saturated heterocycles. The fraction of sp³-hybridized carbons (Fsp3) is 0.350. The predicted molar refractivity (Wildman–Crippen MR) is 90.0 cm³/mol. The molecule has 0 amide bonds. The zero-order valence-electron chi connectivity index (χ0n) is 13.2. The molecule has 2 nitrogen and oxygen atoms in total. The van der Waals surface area contributed by atoms with Crippen molar-refractivity contribution in [2.75, 3.05) is 0 Å². The smallest absolute Gasteiger partial charge is 0.194 e. The molecule has 0 radical (unpaired) electrons. The van der Waals surface area contributed by atoms with Crippen LogP contribution < -0.4 is 0 Å². The van der Waals surface area contributed by atoms with Crippen LogP contribution in [-0.2, 0) is 0 Å². The molecule has 116 valence electrons. The SMILES string of the molecule is Cc1ccccc1.O=C(c1ccccc1)C1(O)CCCCC1. The van der Waals surface area contributed by atoms with Gasteiger partial charge in [-0.25, -0.2) is 0 Å². The van der Waals surface area contributed by atoms with Crippen molar-refractivity contribution in [3.05, 3.63) is 71.8 Å². The van der Waals surface area contributed by atoms with E-state index in [0.717, 1.165) is 19.3 Å². The Bertz CT molecular complexity index is 569. The maximum atomic E-state index is 12.1. The molecule has 0 unspecified atom stereocenters. The minimum absolute atomic E-state index is 0.109. The van der Waals surface area contributed by atoms with Gasteiger partial charge in [-0.05, 0) is 19.8 Å². The maximum absolute atomic E-state index is 12.1. The zero-order chi connectivity index (χ0) is 15.8. The second-order valence-corrected chi connectivity index (χ2v) is 5.94. The maximum Gasteiger partial charge on any atom is 0.194 e. The van der Waals surface area contributed by atoms with Crippen LogP contribution in [0.1, 0.15) is 48.0 Å². The fourth-order valence-corrected chi connectivity index (χ4v) is 2.76. The van der Waals surface area contributed by atoms with Crippen LogP contribution in [0.15, 0.2) is 60.7 Å². The molecule has 2 aromatic rings. The van der Waals surface area contributed by atoms with Crippen LogP contribution in [0.2, 0.25) is 0 Å². The van der Waals surface area contributed by atoms with Gasteiger partial charge in [-0.1, -0.05) is 85.5 Å². The number of aliphatic hydroxyl groups is 1. The highest BCUT2D eigenvalue weighted by Gasteiger charge is 2.37. The number of rotatable bonds is 2. The molecule has 1 N–H and O–H groups in total. The van der Waals surface area contributed by atoms with Crippen molar-refractivity contribution in [1.29, 1.82) is 0 Å². The van der Waals surface area contributed by atoms with Gasteiger partial charge >= 0.3 is 0 Å². The Morgan fingerprint density at radius 2 is 1.36 bits per heavy atom. The third-order valence-electron chi connectivity index (χ3n) is 4.08. The third-order valence-corrected chi connectivity index (χ3v) is 4.08. The molecule has 0 bridgehead atoms. The molecule has 1 aliphatic rings. The summed E-state index contributed by atoms with van der Waals surface area (Å²) in [4.78, 5) is 12.1. The normalized spacial score (nSPS) is 16.3. The van der Waals surface area contributed by atoms with Gasteiger partial charge in [0.05, 0.1) is 0 Å². The van der Waals surface area contributed by atoms with Crippen molar-refractivity contribution in [3.63, 3.8) is 0 Å². The van der Waals surface area contributed by atoms with Crippen molar-refractivity contribution in [2.24, 2.45) is 0 Å². The molecule has 1 saturated carbocycles. The molecule has 22 heavy (non-hydrogen) atoms. The first-order valence-corrected chi connectivity index (χ1v) is 7.96. The first-order chi connectivity index (χ1) is 10.6. The molecule has 0 spiro atoms. The van der Waals surface area contributed by atoms with E-state index in [1.54, 1.807) is 12.1 Å². The topological polar surface area (TPSA) is 37.3 Å². The van der Waals surface area contributed by atoms with Crippen molar-refractivity contribution < 1.29 is 9.90 Å². The molecule has 1 aliphatic carbocycles. The molecule has 0 aromatic heterocycles. The molecular formula is C20H24O2. The summed E-state index contributed by atoms with van der Waals surface area (Å²) in [5.74, 6) is -0.109. The van der Waals surface area contributed by atoms with Crippen LogP contribution >= 0.6 is 0 Å². The lowest BCUT2D eigenvalue weighted by molar-refractivity contribution is 0.0116. The Morgan fingerprint density at radius 3 is 1.82 bits per heavy atom. The van der Waals surface area contributed by atoms with E-state index in [1.807, 2.05) is 36.4 Å². The Hall–Kier alpha value is -1.93. The van der Waals surface area contributed by atoms with E-state index in [9.17, 15) is 9.90 Å². The fourth-order valence-electron chi connectivity index (χ4n) is 2.76. The van der Waals surface area contributed by atoms with Gasteiger partial charge in [-0.15, -0.1) is 0 Å². The molecule has 0 aliphatic heterocycles. The summed E-state index contributed by atoms with van der Waals surface area (Å²) in [6.45, 7) is 2.08. The lowest BCUT2D eigenvalue weighted by atomic mass is 9.79. The first-order valence-electron chi connectivity index (χ1n) is 7.96. The average molecular weight is 296 g/mol. The van der Waals surface area contributed by atoms with Crippen molar-refractivity contribution in [3.8, 4) is 0 Å². The second kappa shape index (κ2) is 7.90. The van der Waals surface area contributed by atoms with Crippen LogP contribution in [0.25, 0.3) is 0 Å². The Balaban J connectivity index is 0.000000211. The van der Waals surface area contributed by atoms with Gasteiger partial charge in [0.1, 0.15) is 5.60 Å². The van der Waals surface area contributed by atoms with Crippen molar-refractivity contribution >= 4 is 5.78 Å². The average Bonchev–Trinajstić information content (AvgIpc) is 2.57. The highest BCUT2D eigenvalue weighted by atomic mass is 16.3. The third kappa shape index (κ3) is 4.54. The van der Waals surface area contributed by atoms with E-state index < -0.39 is 5.60 Å². The predicted octanol–water partition coefficient (Wildman–Crippen LogP) is 4.56. The van der Waals surface area contributed by atoms with Gasteiger partial charge in [0.15, 0.2) is 5.78 Å². The van der Waals surface area contributed by atoms with Crippen molar-refractivity contribution in [2.45, 2.75) is 44.6 Å². The van der Waals surface area contributed by atoms with E-state index in [0.29, 0.717) is 18.4 Å². The molecule has 0 heterocycles. The molecule has 0 atom stereocenters. The molecule has 2 heteroatoms. The van der Waals surface area contributed by atoms with Gasteiger partial charge in [0.25, 0.3) is 0 Å². The van der Waals surface area contributed by atoms with E-state index in [4.69, 9.17) is 0 Å². The number of carbonyl (C=O) groups excluding carboxylic acids is 1. The second-order valence-electron chi connectivity index (χ2n) is 5.94. The van der Waals surface area contributed by atoms with Crippen LogP contribution in [0.3, 0.4) is 0 Å². The number of aryl methyl sites for hydroxylation is 1. The summed E-state index contributed by atoms with van der Waals surface area (Å²) >= 11 is 0. The van der Waals surface area contributed by atoms with E-state index in [1.165, 1.54) is 5.56 Å². The monoisotopic (exact) mass is 296 g/mol. The number of hydrogen-bond acceptors (Lipinski definition) is 2. The van der Waals surface area contributed by atoms with Gasteiger partial charge in [-0.3, -0.25) is 4.79 Å². The largest absolute Gasteiger partial charge is 0.382 e. The number of Topliss-reactive ketones (excluding diaryl/α,β-unsaturated/α-hetero) is 1. The lowest BCUT2D eigenvalue weighted by Gasteiger charge is -2.30. The lowest BCUT2D eigenvalue weighted by Crippen LogP contribution is -2.40. The zero-order valence-corrected chi connectivity index (χ0v) is 13.2. The molecule has 2 aromatic carbocycles.